The molecule has 2 rings (SSSR count). The van der Waals surface area contributed by atoms with E-state index < -0.39 is 0 Å². The van der Waals surface area contributed by atoms with Crippen LogP contribution in [-0.4, -0.2) is 12.8 Å². The third-order valence-corrected chi connectivity index (χ3v) is 4.16. The molecule has 120 valence electrons. The fourth-order valence-electron chi connectivity index (χ4n) is 1.78. The Labute approximate surface area is 139 Å². The molecule has 1 heterocycles. The van der Waals surface area contributed by atoms with Crippen LogP contribution in [0.4, 0.5) is 0 Å². The summed E-state index contributed by atoms with van der Waals surface area (Å²) in [4.78, 5) is 3.85. The van der Waals surface area contributed by atoms with E-state index in [-0.39, 0.29) is 0 Å². The van der Waals surface area contributed by atoms with Crippen molar-refractivity contribution < 1.29 is 0 Å². The van der Waals surface area contributed by atoms with Crippen LogP contribution in [0, 0.1) is 0 Å². The molecule has 0 spiro atoms. The molecule has 1 aromatic carbocycles. The SMILES string of the molecule is C/C=C\C.C/C=c1\c(=C/C)sc2ccccc12.CC=NCC. The maximum Gasteiger partial charge on any atom is 0.0356 e. The molecule has 0 amide bonds. The number of aliphatic imine (C=N–C) groups is 1. The minimum absolute atomic E-state index is 0.913. The molecule has 1 aromatic heterocycles. The van der Waals surface area contributed by atoms with Gasteiger partial charge in [-0.05, 0) is 64.4 Å². The van der Waals surface area contributed by atoms with Crippen LogP contribution >= 0.6 is 11.3 Å². The fourth-order valence-corrected chi connectivity index (χ4v) is 2.91. The zero-order valence-electron chi connectivity index (χ0n) is 14.8. The standard InChI is InChI=1S/C12H12S.C4H9N.C4H8/c1-3-9-10-7-5-6-8-12(10)13-11(9)4-2;1-3-5-4-2;1-3-4-2/h3-8H,1-2H3;3H,4H2,1-2H3;3-4H,1-2H3/b9-3-,11-4+;;4-3-. The van der Waals surface area contributed by atoms with Crippen LogP contribution in [0.5, 0.6) is 0 Å². The Hall–Kier alpha value is -1.67. The molecule has 0 atom stereocenters. The molecule has 2 aromatic rings. The highest BCUT2D eigenvalue weighted by molar-refractivity contribution is 7.17. The van der Waals surface area contributed by atoms with Crippen molar-refractivity contribution in [1.82, 2.24) is 0 Å². The van der Waals surface area contributed by atoms with Crippen LogP contribution in [0.25, 0.3) is 22.2 Å². The molecule has 0 bridgehead atoms. The summed E-state index contributed by atoms with van der Waals surface area (Å²) in [7, 11) is 0. The van der Waals surface area contributed by atoms with Crippen molar-refractivity contribution in [2.45, 2.75) is 41.5 Å². The van der Waals surface area contributed by atoms with Gasteiger partial charge in [0, 0.05) is 15.8 Å². The van der Waals surface area contributed by atoms with Crippen LogP contribution in [-0.2, 0) is 0 Å². The molecule has 0 aliphatic heterocycles. The molecular formula is C20H29NS. The summed E-state index contributed by atoms with van der Waals surface area (Å²) in [5.41, 5.74) is 0. The number of allylic oxidation sites excluding steroid dienone is 2. The number of benzene rings is 1. The second-order valence-electron chi connectivity index (χ2n) is 4.38. The zero-order chi connectivity index (χ0) is 16.8. The van der Waals surface area contributed by atoms with E-state index in [1.807, 2.05) is 51.2 Å². The Morgan fingerprint density at radius 3 is 2.00 bits per heavy atom. The van der Waals surface area contributed by atoms with Crippen LogP contribution in [0.1, 0.15) is 41.5 Å². The van der Waals surface area contributed by atoms with E-state index in [1.54, 1.807) is 6.21 Å². The summed E-state index contributed by atoms with van der Waals surface area (Å²) in [6.45, 7) is 13.0. The van der Waals surface area contributed by atoms with E-state index in [0.29, 0.717) is 0 Å². The molecule has 0 aliphatic carbocycles. The van der Waals surface area contributed by atoms with Gasteiger partial charge in [0.05, 0.1) is 0 Å². The van der Waals surface area contributed by atoms with Crippen molar-refractivity contribution in [1.29, 1.82) is 0 Å². The highest BCUT2D eigenvalue weighted by Crippen LogP contribution is 2.11. The molecule has 0 aliphatic rings. The van der Waals surface area contributed by atoms with Crippen LogP contribution in [0.2, 0.25) is 0 Å². The van der Waals surface area contributed by atoms with Crippen LogP contribution < -0.4 is 9.75 Å². The third kappa shape index (κ3) is 6.86. The van der Waals surface area contributed by atoms with Gasteiger partial charge < -0.3 is 0 Å². The third-order valence-electron chi connectivity index (χ3n) is 2.91. The molecular weight excluding hydrogens is 286 g/mol. The number of nitrogens with zero attached hydrogens (tertiary/aromatic N) is 1. The largest absolute Gasteiger partial charge is 0.298 e. The first kappa shape index (κ1) is 20.3. The Kier molecular flexibility index (Phi) is 12.0. The van der Waals surface area contributed by atoms with Gasteiger partial charge in [0.15, 0.2) is 0 Å². The normalized spacial score (nSPS) is 12.5. The lowest BCUT2D eigenvalue weighted by molar-refractivity contribution is 1.14. The summed E-state index contributed by atoms with van der Waals surface area (Å²) in [6, 6.07) is 8.56. The summed E-state index contributed by atoms with van der Waals surface area (Å²) >= 11 is 1.86. The molecule has 0 unspecified atom stereocenters. The number of rotatable bonds is 1. The highest BCUT2D eigenvalue weighted by atomic mass is 32.1. The average molecular weight is 316 g/mol. The van der Waals surface area contributed by atoms with Crippen LogP contribution in [0.3, 0.4) is 0 Å². The molecule has 22 heavy (non-hydrogen) atoms. The molecule has 0 N–H and O–H groups in total. The molecule has 1 nitrogen and oxygen atoms in total. The average Bonchev–Trinajstić information content (AvgIpc) is 2.94. The number of fused-ring (bicyclic) bond motifs is 1. The Bertz CT molecular complexity index is 686. The van der Waals surface area contributed by atoms with Crippen molar-refractivity contribution >= 4 is 39.8 Å². The lowest BCUT2D eigenvalue weighted by atomic mass is 10.2. The maximum atomic E-state index is 3.85. The molecule has 0 saturated heterocycles. The van der Waals surface area contributed by atoms with Gasteiger partial charge in [0.2, 0.25) is 0 Å². The molecule has 2 heteroatoms. The smallest absolute Gasteiger partial charge is 0.0356 e. The molecule has 0 saturated carbocycles. The lowest BCUT2D eigenvalue weighted by Crippen LogP contribution is -2.16. The van der Waals surface area contributed by atoms with Crippen molar-refractivity contribution in [2.75, 3.05) is 6.54 Å². The van der Waals surface area contributed by atoms with E-state index in [1.165, 1.54) is 19.8 Å². The topological polar surface area (TPSA) is 12.4 Å². The predicted octanol–water partition coefficient (Wildman–Crippen LogP) is 5.18. The summed E-state index contributed by atoms with van der Waals surface area (Å²) in [6.07, 6.45) is 10.2. The maximum absolute atomic E-state index is 3.85. The predicted molar refractivity (Wildman–Crippen MR) is 107 cm³/mol. The number of hydrogen-bond acceptors (Lipinski definition) is 2. The van der Waals surface area contributed by atoms with E-state index >= 15 is 0 Å². The quantitative estimate of drug-likeness (QED) is 0.508. The van der Waals surface area contributed by atoms with Crippen molar-refractivity contribution in [3.8, 4) is 0 Å². The first-order chi connectivity index (χ1) is 10.7. The zero-order valence-corrected chi connectivity index (χ0v) is 15.6. The van der Waals surface area contributed by atoms with E-state index in [0.717, 1.165) is 6.54 Å². The van der Waals surface area contributed by atoms with E-state index in [4.69, 9.17) is 0 Å². The summed E-state index contributed by atoms with van der Waals surface area (Å²) in [5.74, 6) is 0. The Balaban J connectivity index is 0.000000411. The number of thiophene rings is 1. The van der Waals surface area contributed by atoms with Crippen molar-refractivity contribution in [3.63, 3.8) is 0 Å². The second-order valence-corrected chi connectivity index (χ2v) is 5.46. The van der Waals surface area contributed by atoms with E-state index in [9.17, 15) is 0 Å². The van der Waals surface area contributed by atoms with Gasteiger partial charge >= 0.3 is 0 Å². The highest BCUT2D eigenvalue weighted by Gasteiger charge is 1.97. The van der Waals surface area contributed by atoms with Crippen molar-refractivity contribution in [2.24, 2.45) is 4.99 Å². The number of hydrogen-bond donors (Lipinski definition) is 0. The Morgan fingerprint density at radius 1 is 0.955 bits per heavy atom. The Morgan fingerprint density at radius 2 is 1.59 bits per heavy atom. The summed E-state index contributed by atoms with van der Waals surface area (Å²) in [5, 5.41) is 2.76. The monoisotopic (exact) mass is 315 g/mol. The molecule has 0 radical (unpaired) electrons. The minimum Gasteiger partial charge on any atom is -0.298 e. The molecule has 0 fully saturated rings. The second kappa shape index (κ2) is 13.0. The van der Waals surface area contributed by atoms with Gasteiger partial charge in [-0.25, -0.2) is 0 Å². The van der Waals surface area contributed by atoms with Crippen LogP contribution in [0.15, 0.2) is 41.4 Å². The van der Waals surface area contributed by atoms with Gasteiger partial charge in [0.25, 0.3) is 0 Å². The minimum atomic E-state index is 0.913. The van der Waals surface area contributed by atoms with E-state index in [2.05, 4.69) is 55.3 Å². The first-order valence-electron chi connectivity index (χ1n) is 7.81. The van der Waals surface area contributed by atoms with Gasteiger partial charge in [0.1, 0.15) is 0 Å². The van der Waals surface area contributed by atoms with Gasteiger partial charge in [-0.15, -0.1) is 11.3 Å². The fraction of sp³-hybridized carbons (Fsp3) is 0.350. The first-order valence-corrected chi connectivity index (χ1v) is 8.63. The van der Waals surface area contributed by atoms with Gasteiger partial charge in [-0.3, -0.25) is 4.99 Å². The summed E-state index contributed by atoms with van der Waals surface area (Å²) < 4.78 is 2.76. The lowest BCUT2D eigenvalue weighted by Gasteiger charge is -1.84. The van der Waals surface area contributed by atoms with Crippen molar-refractivity contribution in [3.05, 3.63) is 46.2 Å². The van der Waals surface area contributed by atoms with Gasteiger partial charge in [-0.1, -0.05) is 42.5 Å². The van der Waals surface area contributed by atoms with Gasteiger partial charge in [-0.2, -0.15) is 0 Å².